The number of halogens is 3. The molecule has 1 saturated heterocycles. The number of imidazole rings is 1. The normalized spacial score (nSPS) is 22.4. The van der Waals surface area contributed by atoms with E-state index in [1.165, 1.54) is 0 Å². The molecule has 7 nitrogen and oxygen atoms in total. The highest BCUT2D eigenvalue weighted by Gasteiger charge is 2.41. The summed E-state index contributed by atoms with van der Waals surface area (Å²) in [5.41, 5.74) is 2.40. The number of pyridine rings is 1. The molecule has 1 aliphatic heterocycles. The lowest BCUT2D eigenvalue weighted by Crippen LogP contribution is -2.43. The van der Waals surface area contributed by atoms with Gasteiger partial charge in [0.1, 0.15) is 17.0 Å². The van der Waals surface area contributed by atoms with Crippen LogP contribution in [-0.2, 0) is 11.2 Å². The van der Waals surface area contributed by atoms with Crippen molar-refractivity contribution in [1.29, 1.82) is 5.26 Å². The van der Waals surface area contributed by atoms with Crippen molar-refractivity contribution in [3.8, 4) is 6.07 Å². The molecule has 10 heteroatoms. The Morgan fingerprint density at radius 1 is 1.18 bits per heavy atom. The quantitative estimate of drug-likeness (QED) is 0.585. The minimum Gasteiger partial charge on any atom is -0.346 e. The van der Waals surface area contributed by atoms with E-state index in [0.29, 0.717) is 23.7 Å². The molecule has 0 spiro atoms. The molecule has 0 unspecified atom stereocenters. The number of fused-ring (bicyclic) bond motifs is 3. The Labute approximate surface area is 195 Å². The number of likely N-dealkylation sites (tertiary alicyclic amines) is 1. The van der Waals surface area contributed by atoms with E-state index >= 15 is 0 Å². The van der Waals surface area contributed by atoms with Crippen molar-refractivity contribution in [2.24, 2.45) is 11.8 Å². The molecule has 2 fully saturated rings. The van der Waals surface area contributed by atoms with Gasteiger partial charge < -0.3 is 14.5 Å². The maximum atomic E-state index is 13.1. The van der Waals surface area contributed by atoms with Gasteiger partial charge in [-0.25, -0.2) is 9.97 Å². The summed E-state index contributed by atoms with van der Waals surface area (Å²) in [6.07, 6.45) is 3.50. The maximum Gasteiger partial charge on any atom is 0.391 e. The van der Waals surface area contributed by atoms with E-state index in [1.807, 2.05) is 12.3 Å². The van der Waals surface area contributed by atoms with Crippen molar-refractivity contribution in [2.75, 3.05) is 13.1 Å². The first kappa shape index (κ1) is 22.7. The minimum atomic E-state index is -4.21. The largest absolute Gasteiger partial charge is 0.391 e. The Kier molecular flexibility index (Phi) is 5.96. The summed E-state index contributed by atoms with van der Waals surface area (Å²) in [5, 5.41) is 9.99. The highest BCUT2D eigenvalue weighted by atomic mass is 19.4. The van der Waals surface area contributed by atoms with E-state index in [2.05, 4.69) is 20.6 Å². The Morgan fingerprint density at radius 3 is 2.59 bits per heavy atom. The van der Waals surface area contributed by atoms with E-state index in [1.54, 1.807) is 11.1 Å². The van der Waals surface area contributed by atoms with Gasteiger partial charge in [0.15, 0.2) is 0 Å². The van der Waals surface area contributed by atoms with Crippen LogP contribution in [0.15, 0.2) is 18.5 Å². The van der Waals surface area contributed by atoms with Gasteiger partial charge in [-0.3, -0.25) is 4.79 Å². The summed E-state index contributed by atoms with van der Waals surface area (Å²) in [7, 11) is 0. The predicted molar refractivity (Wildman–Crippen MR) is 120 cm³/mol. The molecule has 0 radical (unpaired) electrons. The van der Waals surface area contributed by atoms with Crippen LogP contribution in [-0.4, -0.2) is 49.6 Å². The minimum absolute atomic E-state index is 0.0510. The highest BCUT2D eigenvalue weighted by molar-refractivity contribution is 6.01. The molecule has 34 heavy (non-hydrogen) atoms. The van der Waals surface area contributed by atoms with Crippen molar-refractivity contribution < 1.29 is 18.0 Å². The molecule has 180 valence electrons. The Hall–Kier alpha value is -3.09. The maximum absolute atomic E-state index is 13.1. The van der Waals surface area contributed by atoms with Gasteiger partial charge in [-0.15, -0.1) is 0 Å². The fraction of sp³-hybridized carbons (Fsp3) is 0.583. The molecule has 0 aromatic carbocycles. The molecule has 3 aromatic rings. The molecule has 3 aromatic heterocycles. The zero-order valence-electron chi connectivity index (χ0n) is 18.8. The third-order valence-corrected chi connectivity index (χ3v) is 7.49. The summed E-state index contributed by atoms with van der Waals surface area (Å²) in [4.78, 5) is 27.0. The zero-order chi connectivity index (χ0) is 23.9. The second-order valence-corrected chi connectivity index (χ2v) is 9.54. The van der Waals surface area contributed by atoms with Crippen molar-refractivity contribution in [1.82, 2.24) is 24.4 Å². The lowest BCUT2D eigenvalue weighted by atomic mass is 9.84. The summed E-state index contributed by atoms with van der Waals surface area (Å²) >= 11 is 0. The lowest BCUT2D eigenvalue weighted by molar-refractivity contribution is -0.186. The molecular weight excluding hydrogens is 445 g/mol. The first-order valence-electron chi connectivity index (χ1n) is 11.9. The average Bonchev–Trinajstić information content (AvgIpc) is 3.43. The highest BCUT2D eigenvalue weighted by Crippen LogP contribution is 2.38. The predicted octanol–water partition coefficient (Wildman–Crippen LogP) is 4.90. The molecule has 1 saturated carbocycles. The van der Waals surface area contributed by atoms with Crippen LogP contribution in [0.4, 0.5) is 13.2 Å². The first-order valence-corrected chi connectivity index (χ1v) is 11.9. The van der Waals surface area contributed by atoms with Gasteiger partial charge in [-0.1, -0.05) is 0 Å². The van der Waals surface area contributed by atoms with E-state index in [4.69, 9.17) is 10.2 Å². The van der Waals surface area contributed by atoms with Crippen LogP contribution in [0.2, 0.25) is 0 Å². The van der Waals surface area contributed by atoms with Gasteiger partial charge in [-0.05, 0) is 50.5 Å². The number of aromatic nitrogens is 4. The van der Waals surface area contributed by atoms with Crippen molar-refractivity contribution in [3.63, 3.8) is 0 Å². The fourth-order valence-corrected chi connectivity index (χ4v) is 5.60. The lowest BCUT2D eigenvalue weighted by Gasteiger charge is -2.33. The summed E-state index contributed by atoms with van der Waals surface area (Å²) in [6, 6.07) is 4.38. The number of carbonyl (C=O) groups is 1. The number of rotatable bonds is 4. The van der Waals surface area contributed by atoms with Crippen LogP contribution in [0.3, 0.4) is 0 Å². The summed E-state index contributed by atoms with van der Waals surface area (Å²) < 4.78 is 41.2. The first-order chi connectivity index (χ1) is 16.3. The zero-order valence-corrected chi connectivity index (χ0v) is 18.8. The molecule has 4 heterocycles. The average molecular weight is 473 g/mol. The van der Waals surface area contributed by atoms with Crippen LogP contribution in [0.5, 0.6) is 0 Å². The van der Waals surface area contributed by atoms with Crippen LogP contribution >= 0.6 is 0 Å². The molecule has 1 amide bonds. The van der Waals surface area contributed by atoms with Gasteiger partial charge in [0.25, 0.3) is 0 Å². The van der Waals surface area contributed by atoms with E-state index in [-0.39, 0.29) is 44.3 Å². The van der Waals surface area contributed by atoms with Crippen LogP contribution in [0, 0.1) is 23.2 Å². The molecule has 1 aliphatic carbocycles. The summed E-state index contributed by atoms with van der Waals surface area (Å²) in [6.45, 7) is 0.234. The number of carbonyl (C=O) groups excluding carboxylic acids is 1. The van der Waals surface area contributed by atoms with Crippen LogP contribution in [0.1, 0.15) is 56.8 Å². The number of nitriles is 1. The third kappa shape index (κ3) is 4.24. The molecule has 2 aliphatic rings. The van der Waals surface area contributed by atoms with E-state index in [0.717, 1.165) is 42.2 Å². The standard InChI is InChI=1S/C24H27F3N6O/c25-24(26,27)16-7-11-32(12-8-16)21(34)13-20-31-19-14-30-23-18(6-10-29-23)22(19)33(20)17-3-1-15(2-4-17)5-9-28/h6,10,14-17H,1-5,7-8,11-13H2,(H,29,30). The number of piperidine rings is 1. The second-order valence-electron chi connectivity index (χ2n) is 9.54. The number of nitrogens with one attached hydrogen (secondary N) is 1. The second kappa shape index (κ2) is 8.93. The van der Waals surface area contributed by atoms with Crippen LogP contribution in [0.25, 0.3) is 22.1 Å². The fourth-order valence-electron chi connectivity index (χ4n) is 5.60. The van der Waals surface area contributed by atoms with Crippen molar-refractivity contribution in [3.05, 3.63) is 24.3 Å². The number of hydrogen-bond donors (Lipinski definition) is 1. The number of H-pyrrole nitrogens is 1. The van der Waals surface area contributed by atoms with Gasteiger partial charge in [0.05, 0.1) is 30.1 Å². The topological polar surface area (TPSA) is 90.6 Å². The number of hydrogen-bond acceptors (Lipinski definition) is 4. The van der Waals surface area contributed by atoms with Crippen molar-refractivity contribution in [2.45, 2.75) is 63.6 Å². The van der Waals surface area contributed by atoms with Crippen molar-refractivity contribution >= 4 is 28.0 Å². The van der Waals surface area contributed by atoms with E-state index < -0.39 is 12.1 Å². The van der Waals surface area contributed by atoms with Gasteiger partial charge in [0, 0.05) is 37.1 Å². The summed E-state index contributed by atoms with van der Waals surface area (Å²) in [5.74, 6) is -0.492. The van der Waals surface area contributed by atoms with Crippen LogP contribution < -0.4 is 0 Å². The smallest absolute Gasteiger partial charge is 0.346 e. The number of alkyl halides is 3. The van der Waals surface area contributed by atoms with Gasteiger partial charge >= 0.3 is 6.18 Å². The molecular formula is C24H27F3N6O. The molecule has 5 rings (SSSR count). The van der Waals surface area contributed by atoms with Gasteiger partial charge in [0.2, 0.25) is 5.91 Å². The Morgan fingerprint density at radius 2 is 1.91 bits per heavy atom. The monoisotopic (exact) mass is 472 g/mol. The molecule has 1 N–H and O–H groups in total. The molecule has 0 atom stereocenters. The number of nitrogens with zero attached hydrogens (tertiary/aromatic N) is 5. The Bertz CT molecular complexity index is 1220. The number of aromatic amines is 1. The van der Waals surface area contributed by atoms with E-state index in [9.17, 15) is 18.0 Å². The Balaban J connectivity index is 1.43. The third-order valence-electron chi connectivity index (χ3n) is 7.49. The molecule has 0 bridgehead atoms. The SMILES string of the molecule is N#CCC1CCC(n2c(CC(=O)N3CCC(C(F)(F)F)CC3)nc3cnc4[nH]ccc4c32)CC1. The number of amides is 1. The van der Waals surface area contributed by atoms with Gasteiger partial charge in [-0.2, -0.15) is 18.4 Å².